The number of nitrogens with zero attached hydrogens (tertiary/aromatic N) is 1. The summed E-state index contributed by atoms with van der Waals surface area (Å²) in [5.41, 5.74) is 2.48. The normalized spacial score (nSPS) is 11.5. The molecule has 0 unspecified atom stereocenters. The topological polar surface area (TPSA) is 58.1 Å². The van der Waals surface area contributed by atoms with E-state index in [-0.39, 0.29) is 11.3 Å². The van der Waals surface area contributed by atoms with Gasteiger partial charge in [-0.2, -0.15) is 5.10 Å². The molecule has 0 radical (unpaired) electrons. The smallest absolute Gasteiger partial charge is 0.161 e. The van der Waals surface area contributed by atoms with Crippen LogP contribution in [0.4, 0.5) is 8.78 Å². The number of nitrogens with one attached hydrogen (secondary N) is 1. The van der Waals surface area contributed by atoms with Gasteiger partial charge in [0, 0.05) is 11.6 Å². The Labute approximate surface area is 149 Å². The molecule has 2 aromatic carbocycles. The number of aromatic hydroxyl groups is 1. The summed E-state index contributed by atoms with van der Waals surface area (Å²) in [5.74, 6) is -0.774. The van der Waals surface area contributed by atoms with Crippen molar-refractivity contribution in [2.75, 3.05) is 7.11 Å². The molecule has 0 bridgehead atoms. The van der Waals surface area contributed by atoms with Gasteiger partial charge < -0.3 is 9.84 Å². The van der Waals surface area contributed by atoms with Crippen LogP contribution < -0.4 is 4.74 Å². The van der Waals surface area contributed by atoms with Gasteiger partial charge in [0.2, 0.25) is 0 Å². The SMILES string of the molecule is COc1cc(C=Cc2cc(/C=C/c3ccc(F)cc3F)n[nH]2)ccc1O. The van der Waals surface area contributed by atoms with Crippen LogP contribution in [0.5, 0.6) is 11.5 Å². The Morgan fingerprint density at radius 2 is 1.85 bits per heavy atom. The molecular formula is C20H16F2N2O2. The van der Waals surface area contributed by atoms with E-state index in [1.54, 1.807) is 30.3 Å². The maximum atomic E-state index is 13.6. The molecule has 3 aromatic rings. The molecule has 6 heteroatoms. The van der Waals surface area contributed by atoms with Gasteiger partial charge in [0.05, 0.1) is 18.5 Å². The highest BCUT2D eigenvalue weighted by Gasteiger charge is 2.02. The Hall–Kier alpha value is -3.41. The maximum absolute atomic E-state index is 13.6. The Kier molecular flexibility index (Phi) is 5.12. The number of methoxy groups -OCH3 is 1. The van der Waals surface area contributed by atoms with E-state index in [1.165, 1.54) is 25.3 Å². The monoisotopic (exact) mass is 354 g/mol. The van der Waals surface area contributed by atoms with Crippen molar-refractivity contribution in [2.24, 2.45) is 0 Å². The minimum Gasteiger partial charge on any atom is -0.504 e. The molecule has 0 atom stereocenters. The number of phenolic OH excluding ortho intramolecular Hbond substituents is 1. The summed E-state index contributed by atoms with van der Waals surface area (Å²) >= 11 is 0. The van der Waals surface area contributed by atoms with E-state index in [4.69, 9.17) is 4.74 Å². The Morgan fingerprint density at radius 3 is 2.62 bits per heavy atom. The first-order valence-electron chi connectivity index (χ1n) is 7.79. The van der Waals surface area contributed by atoms with Crippen molar-refractivity contribution in [3.63, 3.8) is 0 Å². The van der Waals surface area contributed by atoms with Crippen molar-refractivity contribution in [2.45, 2.75) is 0 Å². The van der Waals surface area contributed by atoms with Crippen molar-refractivity contribution >= 4 is 24.3 Å². The number of aromatic nitrogens is 2. The van der Waals surface area contributed by atoms with Gasteiger partial charge in [0.25, 0.3) is 0 Å². The van der Waals surface area contributed by atoms with Crippen LogP contribution in [-0.2, 0) is 0 Å². The third kappa shape index (κ3) is 4.16. The summed E-state index contributed by atoms with van der Waals surface area (Å²) in [4.78, 5) is 0. The van der Waals surface area contributed by atoms with Crippen LogP contribution in [0.3, 0.4) is 0 Å². The van der Waals surface area contributed by atoms with Gasteiger partial charge >= 0.3 is 0 Å². The molecule has 0 aliphatic heterocycles. The van der Waals surface area contributed by atoms with E-state index in [9.17, 15) is 13.9 Å². The number of halogens is 2. The van der Waals surface area contributed by atoms with Crippen LogP contribution in [0.1, 0.15) is 22.5 Å². The molecule has 26 heavy (non-hydrogen) atoms. The molecule has 0 aliphatic rings. The number of hydrogen-bond acceptors (Lipinski definition) is 3. The van der Waals surface area contributed by atoms with E-state index >= 15 is 0 Å². The van der Waals surface area contributed by atoms with Crippen LogP contribution in [0, 0.1) is 11.6 Å². The molecule has 0 spiro atoms. The summed E-state index contributed by atoms with van der Waals surface area (Å²) in [5, 5.41) is 16.6. The van der Waals surface area contributed by atoms with E-state index in [2.05, 4.69) is 10.2 Å². The van der Waals surface area contributed by atoms with Crippen molar-refractivity contribution in [1.82, 2.24) is 10.2 Å². The second-order valence-corrected chi connectivity index (χ2v) is 5.51. The standard InChI is InChI=1S/C20H16F2N2O2/c1-26-20-10-13(3-9-19(20)25)2-7-16-12-17(24-23-16)8-5-14-4-6-15(21)11-18(14)22/h2-12,25H,1H3,(H,23,24)/b7-2?,8-5+. The summed E-state index contributed by atoms with van der Waals surface area (Å²) in [7, 11) is 1.49. The molecule has 0 amide bonds. The number of rotatable bonds is 5. The molecule has 0 aliphatic carbocycles. The van der Waals surface area contributed by atoms with Crippen LogP contribution in [0.2, 0.25) is 0 Å². The molecule has 1 heterocycles. The fraction of sp³-hybridized carbons (Fsp3) is 0.0500. The number of aromatic amines is 1. The van der Waals surface area contributed by atoms with Crippen molar-refractivity contribution < 1.29 is 18.6 Å². The average Bonchev–Trinajstić information content (AvgIpc) is 3.08. The predicted molar refractivity (Wildman–Crippen MR) is 97.5 cm³/mol. The lowest BCUT2D eigenvalue weighted by molar-refractivity contribution is 0.373. The molecule has 0 fully saturated rings. The molecule has 2 N–H and O–H groups in total. The predicted octanol–water partition coefficient (Wildman–Crippen LogP) is 4.74. The first kappa shape index (κ1) is 17.4. The zero-order chi connectivity index (χ0) is 18.5. The van der Waals surface area contributed by atoms with Gasteiger partial charge in [-0.1, -0.05) is 12.1 Å². The van der Waals surface area contributed by atoms with Crippen LogP contribution in [-0.4, -0.2) is 22.4 Å². The first-order valence-corrected chi connectivity index (χ1v) is 7.79. The Balaban J connectivity index is 1.72. The summed E-state index contributed by atoms with van der Waals surface area (Å²) in [6.45, 7) is 0. The second kappa shape index (κ2) is 7.65. The third-order valence-corrected chi connectivity index (χ3v) is 3.67. The largest absolute Gasteiger partial charge is 0.504 e. The molecular weight excluding hydrogens is 338 g/mol. The van der Waals surface area contributed by atoms with Crippen molar-refractivity contribution in [3.8, 4) is 11.5 Å². The number of hydrogen-bond donors (Lipinski definition) is 2. The van der Waals surface area contributed by atoms with Crippen LogP contribution in [0.25, 0.3) is 24.3 Å². The highest BCUT2D eigenvalue weighted by molar-refractivity contribution is 5.72. The lowest BCUT2D eigenvalue weighted by Gasteiger charge is -2.03. The lowest BCUT2D eigenvalue weighted by Crippen LogP contribution is -1.84. The van der Waals surface area contributed by atoms with E-state index < -0.39 is 11.6 Å². The summed E-state index contributed by atoms with van der Waals surface area (Å²) < 4.78 is 31.6. The summed E-state index contributed by atoms with van der Waals surface area (Å²) in [6, 6.07) is 10.2. The highest BCUT2D eigenvalue weighted by Crippen LogP contribution is 2.27. The maximum Gasteiger partial charge on any atom is 0.161 e. The molecule has 1 aromatic heterocycles. The Morgan fingerprint density at radius 1 is 1.00 bits per heavy atom. The molecule has 0 saturated heterocycles. The quantitative estimate of drug-likeness (QED) is 0.696. The third-order valence-electron chi connectivity index (χ3n) is 3.67. The second-order valence-electron chi connectivity index (χ2n) is 5.51. The fourth-order valence-corrected chi connectivity index (χ4v) is 2.32. The van der Waals surface area contributed by atoms with Gasteiger partial charge in [-0.05, 0) is 54.1 Å². The van der Waals surface area contributed by atoms with E-state index in [0.717, 1.165) is 17.3 Å². The number of H-pyrrole nitrogens is 1. The molecule has 0 saturated carbocycles. The minimum absolute atomic E-state index is 0.0756. The number of benzene rings is 2. The Bertz CT molecular complexity index is 978. The fourth-order valence-electron chi connectivity index (χ4n) is 2.32. The highest BCUT2D eigenvalue weighted by atomic mass is 19.1. The van der Waals surface area contributed by atoms with Crippen LogP contribution >= 0.6 is 0 Å². The van der Waals surface area contributed by atoms with Gasteiger partial charge in [-0.15, -0.1) is 0 Å². The first-order chi connectivity index (χ1) is 12.5. The minimum atomic E-state index is -0.627. The zero-order valence-corrected chi connectivity index (χ0v) is 13.9. The lowest BCUT2D eigenvalue weighted by atomic mass is 10.1. The van der Waals surface area contributed by atoms with Crippen molar-refractivity contribution in [1.29, 1.82) is 0 Å². The van der Waals surface area contributed by atoms with Gasteiger partial charge in [0.1, 0.15) is 11.6 Å². The van der Waals surface area contributed by atoms with Gasteiger partial charge in [-0.25, -0.2) is 8.78 Å². The van der Waals surface area contributed by atoms with Gasteiger partial charge in [-0.3, -0.25) is 5.10 Å². The van der Waals surface area contributed by atoms with E-state index in [1.807, 2.05) is 12.2 Å². The number of phenols is 1. The van der Waals surface area contributed by atoms with Crippen molar-refractivity contribution in [3.05, 3.63) is 76.6 Å². The number of ether oxygens (including phenoxy) is 1. The molecule has 132 valence electrons. The summed E-state index contributed by atoms with van der Waals surface area (Å²) in [6.07, 6.45) is 6.81. The van der Waals surface area contributed by atoms with Gasteiger partial charge in [0.15, 0.2) is 11.5 Å². The van der Waals surface area contributed by atoms with E-state index in [0.29, 0.717) is 11.4 Å². The van der Waals surface area contributed by atoms with Crippen LogP contribution in [0.15, 0.2) is 42.5 Å². The average molecular weight is 354 g/mol. The zero-order valence-electron chi connectivity index (χ0n) is 13.9. The molecule has 4 nitrogen and oxygen atoms in total. The molecule has 3 rings (SSSR count).